The van der Waals surface area contributed by atoms with Crippen molar-refractivity contribution in [1.82, 2.24) is 4.98 Å². The first-order valence-corrected chi connectivity index (χ1v) is 15.3. The van der Waals surface area contributed by atoms with Gasteiger partial charge in [0.15, 0.2) is 0 Å². The number of nitrogens with one attached hydrogen (secondary N) is 1. The Morgan fingerprint density at radius 2 is 1.72 bits per heavy atom. The third-order valence-electron chi connectivity index (χ3n) is 7.51. The highest BCUT2D eigenvalue weighted by atomic mass is 16.5. The lowest BCUT2D eigenvalue weighted by atomic mass is 9.79. The standard InChI is InChI=1S/C36H46N2O5/c1-5-36(6-2,35(40)41)24-34(39)38-31-14-9-12-29(23-31)16-19-30-13-10-15-32(37-30)26-42-22-8-7-11-28-17-20-33(21-18-28)43-25-27(3)4/h9-10,12-21,23,27H,5-8,11,22,24-26H2,1-4H3,(H,38,39)(H,40,41)/b19-16+. The molecule has 7 heteroatoms. The lowest BCUT2D eigenvalue weighted by Crippen LogP contribution is -2.34. The minimum Gasteiger partial charge on any atom is -0.493 e. The van der Waals surface area contributed by atoms with Crippen LogP contribution in [0.3, 0.4) is 0 Å². The van der Waals surface area contributed by atoms with Crippen LogP contribution in [-0.2, 0) is 27.4 Å². The van der Waals surface area contributed by atoms with E-state index >= 15 is 0 Å². The molecule has 0 spiro atoms. The summed E-state index contributed by atoms with van der Waals surface area (Å²) >= 11 is 0. The number of carboxylic acids is 1. The van der Waals surface area contributed by atoms with E-state index in [1.165, 1.54) is 5.56 Å². The number of ether oxygens (including phenoxy) is 2. The lowest BCUT2D eigenvalue weighted by molar-refractivity contribution is -0.151. The molecule has 0 aliphatic heterocycles. The van der Waals surface area contributed by atoms with Gasteiger partial charge in [0.25, 0.3) is 0 Å². The van der Waals surface area contributed by atoms with Crippen LogP contribution >= 0.6 is 0 Å². The molecule has 0 fully saturated rings. The number of amides is 1. The molecule has 2 aromatic carbocycles. The number of pyridine rings is 1. The molecule has 43 heavy (non-hydrogen) atoms. The summed E-state index contributed by atoms with van der Waals surface area (Å²) in [6, 6.07) is 21.7. The number of unbranched alkanes of at least 4 members (excludes halogenated alkanes) is 1. The second-order valence-electron chi connectivity index (χ2n) is 11.4. The lowest BCUT2D eigenvalue weighted by Gasteiger charge is -2.25. The highest BCUT2D eigenvalue weighted by Gasteiger charge is 2.37. The van der Waals surface area contributed by atoms with Gasteiger partial charge in [0, 0.05) is 18.7 Å². The maximum Gasteiger partial charge on any atom is 0.310 e. The number of nitrogens with zero attached hydrogens (tertiary/aromatic N) is 1. The van der Waals surface area contributed by atoms with Crippen LogP contribution in [0.5, 0.6) is 5.75 Å². The van der Waals surface area contributed by atoms with E-state index in [2.05, 4.69) is 36.3 Å². The summed E-state index contributed by atoms with van der Waals surface area (Å²) in [7, 11) is 0. The Kier molecular flexibility index (Phi) is 13.4. The van der Waals surface area contributed by atoms with E-state index in [1.54, 1.807) is 19.9 Å². The molecule has 7 nitrogen and oxygen atoms in total. The fraction of sp³-hybridized carbons (Fsp3) is 0.417. The number of aromatic nitrogens is 1. The van der Waals surface area contributed by atoms with E-state index in [0.717, 1.165) is 48.6 Å². The molecule has 1 aromatic heterocycles. The molecule has 0 saturated carbocycles. The summed E-state index contributed by atoms with van der Waals surface area (Å²) in [6.45, 7) is 9.77. The quantitative estimate of drug-likeness (QED) is 0.146. The van der Waals surface area contributed by atoms with E-state index < -0.39 is 11.4 Å². The Labute approximate surface area is 256 Å². The van der Waals surface area contributed by atoms with Gasteiger partial charge in [0.2, 0.25) is 5.91 Å². The molecule has 3 aromatic rings. The van der Waals surface area contributed by atoms with E-state index in [4.69, 9.17) is 9.47 Å². The largest absolute Gasteiger partial charge is 0.493 e. The Morgan fingerprint density at radius 1 is 0.977 bits per heavy atom. The van der Waals surface area contributed by atoms with Gasteiger partial charge >= 0.3 is 5.97 Å². The number of hydrogen-bond donors (Lipinski definition) is 2. The van der Waals surface area contributed by atoms with Crippen LogP contribution < -0.4 is 10.1 Å². The molecular formula is C36H46N2O5. The van der Waals surface area contributed by atoms with Gasteiger partial charge in [0.1, 0.15) is 5.75 Å². The minimum atomic E-state index is -1.04. The Hall–Kier alpha value is -3.97. The van der Waals surface area contributed by atoms with Crippen molar-refractivity contribution in [3.8, 4) is 5.75 Å². The van der Waals surface area contributed by atoms with Crippen LogP contribution in [0, 0.1) is 11.3 Å². The van der Waals surface area contributed by atoms with Gasteiger partial charge in [-0.2, -0.15) is 0 Å². The zero-order valence-electron chi connectivity index (χ0n) is 26.0. The van der Waals surface area contributed by atoms with E-state index in [-0.39, 0.29) is 12.3 Å². The summed E-state index contributed by atoms with van der Waals surface area (Å²) < 4.78 is 11.6. The summed E-state index contributed by atoms with van der Waals surface area (Å²) in [6.07, 6.45) is 7.64. The number of aliphatic carboxylic acids is 1. The van der Waals surface area contributed by atoms with Crippen LogP contribution in [0.4, 0.5) is 5.69 Å². The molecule has 230 valence electrons. The molecule has 0 saturated heterocycles. The molecule has 3 rings (SSSR count). The third-order valence-corrected chi connectivity index (χ3v) is 7.51. The van der Waals surface area contributed by atoms with Crippen LogP contribution in [-0.4, -0.2) is 35.2 Å². The monoisotopic (exact) mass is 586 g/mol. The second-order valence-corrected chi connectivity index (χ2v) is 11.4. The van der Waals surface area contributed by atoms with Gasteiger partial charge < -0.3 is 19.9 Å². The Bertz CT molecular complexity index is 1330. The Balaban J connectivity index is 1.43. The second kappa shape index (κ2) is 17.2. The van der Waals surface area contributed by atoms with Crippen molar-refractivity contribution in [3.05, 3.63) is 89.2 Å². The molecule has 0 unspecified atom stereocenters. The summed E-state index contributed by atoms with van der Waals surface area (Å²) in [5.74, 6) is 0.200. The smallest absolute Gasteiger partial charge is 0.310 e. The van der Waals surface area contributed by atoms with Crippen molar-refractivity contribution in [2.45, 2.75) is 72.8 Å². The van der Waals surface area contributed by atoms with E-state index in [9.17, 15) is 14.7 Å². The van der Waals surface area contributed by atoms with Crippen molar-refractivity contribution >= 4 is 29.7 Å². The number of hydrogen-bond acceptors (Lipinski definition) is 5. The highest BCUT2D eigenvalue weighted by molar-refractivity contribution is 5.94. The number of benzene rings is 2. The number of anilines is 1. The predicted octanol–water partition coefficient (Wildman–Crippen LogP) is 8.05. The predicted molar refractivity (Wildman–Crippen MR) is 173 cm³/mol. The zero-order chi connectivity index (χ0) is 31.1. The first-order valence-electron chi connectivity index (χ1n) is 15.3. The van der Waals surface area contributed by atoms with Crippen LogP contribution in [0.15, 0.2) is 66.7 Å². The molecule has 1 amide bonds. The molecule has 0 aliphatic rings. The average molecular weight is 587 g/mol. The van der Waals surface area contributed by atoms with Gasteiger partial charge in [-0.15, -0.1) is 0 Å². The van der Waals surface area contributed by atoms with Gasteiger partial charge in [-0.25, -0.2) is 0 Å². The first-order chi connectivity index (χ1) is 20.7. The van der Waals surface area contributed by atoms with Gasteiger partial charge in [-0.1, -0.05) is 64.1 Å². The molecule has 2 N–H and O–H groups in total. The fourth-order valence-electron chi connectivity index (χ4n) is 4.69. The van der Waals surface area contributed by atoms with Crippen LogP contribution in [0.1, 0.15) is 82.3 Å². The third kappa shape index (κ3) is 11.3. The zero-order valence-corrected chi connectivity index (χ0v) is 26.0. The van der Waals surface area contributed by atoms with Crippen LogP contribution in [0.25, 0.3) is 12.2 Å². The number of rotatable bonds is 18. The van der Waals surface area contributed by atoms with Crippen LogP contribution in [0.2, 0.25) is 0 Å². The van der Waals surface area contributed by atoms with Crippen molar-refractivity contribution in [3.63, 3.8) is 0 Å². The highest BCUT2D eigenvalue weighted by Crippen LogP contribution is 2.31. The molecule has 0 atom stereocenters. The SMILES string of the molecule is CCC(CC)(CC(=O)Nc1cccc(/C=C/c2cccc(COCCCCc3ccc(OCC(C)C)cc3)n2)c1)C(=O)O. The molecule has 0 bridgehead atoms. The minimum absolute atomic E-state index is 0.0590. The van der Waals surface area contributed by atoms with Crippen molar-refractivity contribution in [2.24, 2.45) is 11.3 Å². The topological polar surface area (TPSA) is 97.8 Å². The normalized spacial score (nSPS) is 11.7. The van der Waals surface area contributed by atoms with E-state index in [1.807, 2.05) is 60.7 Å². The molecule has 0 radical (unpaired) electrons. The number of carboxylic acid groups (broad SMARTS) is 1. The maximum absolute atomic E-state index is 12.6. The van der Waals surface area contributed by atoms with Gasteiger partial charge in [-0.3, -0.25) is 14.6 Å². The molecule has 0 aliphatic carbocycles. The van der Waals surface area contributed by atoms with E-state index in [0.29, 0.717) is 37.7 Å². The summed E-state index contributed by atoms with van der Waals surface area (Å²) in [5.41, 5.74) is 3.47. The number of aryl methyl sites for hydroxylation is 1. The van der Waals surface area contributed by atoms with Gasteiger partial charge in [-0.05, 0) is 91.6 Å². The number of carbonyl (C=O) groups is 2. The summed E-state index contributed by atoms with van der Waals surface area (Å²) in [4.78, 5) is 29.1. The van der Waals surface area contributed by atoms with Crippen molar-refractivity contribution in [2.75, 3.05) is 18.5 Å². The Morgan fingerprint density at radius 3 is 2.42 bits per heavy atom. The van der Waals surface area contributed by atoms with Crippen molar-refractivity contribution in [1.29, 1.82) is 0 Å². The first kappa shape index (κ1) is 33.5. The molecule has 1 heterocycles. The molecular weight excluding hydrogens is 540 g/mol. The number of carbonyl (C=O) groups excluding carboxylic acids is 1. The average Bonchev–Trinajstić information content (AvgIpc) is 3.00. The van der Waals surface area contributed by atoms with Crippen molar-refractivity contribution < 1.29 is 24.2 Å². The fourth-order valence-corrected chi connectivity index (χ4v) is 4.69. The van der Waals surface area contributed by atoms with Gasteiger partial charge in [0.05, 0.1) is 30.0 Å². The summed E-state index contributed by atoms with van der Waals surface area (Å²) in [5, 5.41) is 12.5. The maximum atomic E-state index is 12.6.